The Hall–Kier alpha value is -0.570. The van der Waals surface area contributed by atoms with E-state index in [1.165, 1.54) is 19.3 Å². The van der Waals surface area contributed by atoms with Gasteiger partial charge < -0.3 is 10.6 Å². The summed E-state index contributed by atoms with van der Waals surface area (Å²) in [5.41, 5.74) is 0. The van der Waals surface area contributed by atoms with Gasteiger partial charge in [-0.1, -0.05) is 26.7 Å². The molecule has 1 aliphatic carbocycles. The molecule has 1 aliphatic heterocycles. The molecule has 1 heterocycles. The summed E-state index contributed by atoms with van der Waals surface area (Å²) in [7, 11) is 0. The third-order valence-corrected chi connectivity index (χ3v) is 4.43. The van der Waals surface area contributed by atoms with E-state index in [-0.39, 0.29) is 11.8 Å². The Bertz CT molecular complexity index is 254. The van der Waals surface area contributed by atoms with E-state index in [0.29, 0.717) is 11.8 Å². The average Bonchev–Trinajstić information content (AvgIpc) is 2.84. The van der Waals surface area contributed by atoms with Crippen LogP contribution >= 0.6 is 0 Å². The van der Waals surface area contributed by atoms with E-state index >= 15 is 0 Å². The molecule has 1 saturated heterocycles. The van der Waals surface area contributed by atoms with Gasteiger partial charge in [-0.05, 0) is 30.7 Å². The van der Waals surface area contributed by atoms with Gasteiger partial charge in [0.25, 0.3) is 0 Å². The highest BCUT2D eigenvalue weighted by Gasteiger charge is 2.30. The van der Waals surface area contributed by atoms with Crippen molar-refractivity contribution in [3.05, 3.63) is 0 Å². The van der Waals surface area contributed by atoms with Gasteiger partial charge in [-0.15, -0.1) is 0 Å². The molecule has 92 valence electrons. The summed E-state index contributed by atoms with van der Waals surface area (Å²) in [6, 6.07) is 0. The lowest BCUT2D eigenvalue weighted by Gasteiger charge is -2.19. The predicted molar refractivity (Wildman–Crippen MR) is 65.0 cm³/mol. The molecular weight excluding hydrogens is 200 g/mol. The van der Waals surface area contributed by atoms with E-state index in [1.807, 2.05) is 0 Å². The maximum absolute atomic E-state index is 12.0. The maximum Gasteiger partial charge on any atom is 0.224 e. The van der Waals surface area contributed by atoms with Gasteiger partial charge in [0.1, 0.15) is 0 Å². The molecule has 0 aromatic heterocycles. The minimum atomic E-state index is 0.191. The first-order valence-corrected chi connectivity index (χ1v) is 6.67. The quantitative estimate of drug-likeness (QED) is 0.760. The summed E-state index contributed by atoms with van der Waals surface area (Å²) < 4.78 is 0. The standard InChI is InChI=1S/C13H24N2O/c1-9-4-3-5-11(9)7-15-13(16)12-8-14-6-10(12)2/h9-12,14H,3-8H2,1-2H3,(H,15,16). The molecule has 0 aromatic rings. The highest BCUT2D eigenvalue weighted by atomic mass is 16.1. The molecule has 2 aliphatic rings. The predicted octanol–water partition coefficient (Wildman–Crippen LogP) is 1.39. The van der Waals surface area contributed by atoms with Crippen LogP contribution in [0.4, 0.5) is 0 Å². The number of rotatable bonds is 3. The van der Waals surface area contributed by atoms with E-state index in [4.69, 9.17) is 0 Å². The van der Waals surface area contributed by atoms with Crippen molar-refractivity contribution in [2.75, 3.05) is 19.6 Å². The molecule has 16 heavy (non-hydrogen) atoms. The molecule has 3 heteroatoms. The van der Waals surface area contributed by atoms with Crippen LogP contribution in [-0.4, -0.2) is 25.5 Å². The Morgan fingerprint density at radius 3 is 2.62 bits per heavy atom. The second-order valence-corrected chi connectivity index (χ2v) is 5.66. The fraction of sp³-hybridized carbons (Fsp3) is 0.923. The third-order valence-electron chi connectivity index (χ3n) is 4.43. The van der Waals surface area contributed by atoms with Crippen LogP contribution < -0.4 is 10.6 Å². The van der Waals surface area contributed by atoms with Crippen molar-refractivity contribution < 1.29 is 4.79 Å². The van der Waals surface area contributed by atoms with Crippen molar-refractivity contribution in [2.45, 2.75) is 33.1 Å². The minimum Gasteiger partial charge on any atom is -0.356 e. The molecule has 2 fully saturated rings. The molecule has 4 unspecified atom stereocenters. The lowest BCUT2D eigenvalue weighted by Crippen LogP contribution is -2.37. The minimum absolute atomic E-state index is 0.191. The van der Waals surface area contributed by atoms with Gasteiger partial charge in [-0.2, -0.15) is 0 Å². The monoisotopic (exact) mass is 224 g/mol. The van der Waals surface area contributed by atoms with Gasteiger partial charge in [0.05, 0.1) is 5.92 Å². The third kappa shape index (κ3) is 2.57. The Morgan fingerprint density at radius 2 is 2.06 bits per heavy atom. The second-order valence-electron chi connectivity index (χ2n) is 5.66. The van der Waals surface area contributed by atoms with Crippen LogP contribution in [0.2, 0.25) is 0 Å². The van der Waals surface area contributed by atoms with Crippen LogP contribution in [0.3, 0.4) is 0 Å². The smallest absolute Gasteiger partial charge is 0.224 e. The van der Waals surface area contributed by atoms with Crippen molar-refractivity contribution in [1.82, 2.24) is 10.6 Å². The fourth-order valence-electron chi connectivity index (χ4n) is 3.05. The first-order valence-electron chi connectivity index (χ1n) is 6.67. The molecule has 0 spiro atoms. The number of hydrogen-bond donors (Lipinski definition) is 2. The summed E-state index contributed by atoms with van der Waals surface area (Å²) in [4.78, 5) is 12.0. The number of carbonyl (C=O) groups is 1. The van der Waals surface area contributed by atoms with E-state index in [9.17, 15) is 4.79 Å². The maximum atomic E-state index is 12.0. The number of amides is 1. The van der Waals surface area contributed by atoms with Gasteiger partial charge in [-0.25, -0.2) is 0 Å². The van der Waals surface area contributed by atoms with Crippen LogP contribution in [0.5, 0.6) is 0 Å². The van der Waals surface area contributed by atoms with Gasteiger partial charge >= 0.3 is 0 Å². The fourth-order valence-corrected chi connectivity index (χ4v) is 3.05. The van der Waals surface area contributed by atoms with E-state index in [0.717, 1.165) is 25.6 Å². The average molecular weight is 224 g/mol. The number of hydrogen-bond acceptors (Lipinski definition) is 2. The zero-order chi connectivity index (χ0) is 11.5. The SMILES string of the molecule is CC1CCCC1CNC(=O)C1CNCC1C. The van der Waals surface area contributed by atoms with Gasteiger partial charge in [0.2, 0.25) is 5.91 Å². The highest BCUT2D eigenvalue weighted by molar-refractivity contribution is 5.79. The molecule has 0 aromatic carbocycles. The second kappa shape index (κ2) is 5.17. The van der Waals surface area contributed by atoms with Crippen LogP contribution in [0, 0.1) is 23.7 Å². The molecule has 1 saturated carbocycles. The van der Waals surface area contributed by atoms with E-state index < -0.39 is 0 Å². The number of carbonyl (C=O) groups excluding carboxylic acids is 1. The zero-order valence-corrected chi connectivity index (χ0v) is 10.5. The lowest BCUT2D eigenvalue weighted by atomic mass is 9.95. The van der Waals surface area contributed by atoms with Crippen molar-refractivity contribution in [2.24, 2.45) is 23.7 Å². The number of nitrogens with one attached hydrogen (secondary N) is 2. The molecule has 0 radical (unpaired) electrons. The van der Waals surface area contributed by atoms with Crippen molar-refractivity contribution in [3.63, 3.8) is 0 Å². The van der Waals surface area contributed by atoms with E-state index in [2.05, 4.69) is 24.5 Å². The lowest BCUT2D eigenvalue weighted by molar-refractivity contribution is -0.125. The van der Waals surface area contributed by atoms with Crippen LogP contribution in [0.25, 0.3) is 0 Å². The summed E-state index contributed by atoms with van der Waals surface area (Å²) in [6.45, 7) is 7.19. The van der Waals surface area contributed by atoms with Crippen molar-refractivity contribution in [3.8, 4) is 0 Å². The molecule has 3 nitrogen and oxygen atoms in total. The molecule has 2 rings (SSSR count). The Kier molecular flexibility index (Phi) is 3.85. The first-order chi connectivity index (χ1) is 7.68. The zero-order valence-electron chi connectivity index (χ0n) is 10.5. The van der Waals surface area contributed by atoms with Crippen LogP contribution in [0.1, 0.15) is 33.1 Å². The van der Waals surface area contributed by atoms with Gasteiger partial charge in [-0.3, -0.25) is 4.79 Å². The molecule has 2 N–H and O–H groups in total. The summed E-state index contributed by atoms with van der Waals surface area (Å²) in [5, 5.41) is 6.43. The van der Waals surface area contributed by atoms with Gasteiger partial charge in [0, 0.05) is 13.1 Å². The largest absolute Gasteiger partial charge is 0.356 e. The summed E-state index contributed by atoms with van der Waals surface area (Å²) >= 11 is 0. The summed E-state index contributed by atoms with van der Waals surface area (Å²) in [5.74, 6) is 2.45. The Labute approximate surface area is 98.4 Å². The molecule has 0 bridgehead atoms. The molecule has 1 amide bonds. The first kappa shape index (κ1) is 11.9. The van der Waals surface area contributed by atoms with Crippen molar-refractivity contribution >= 4 is 5.91 Å². The van der Waals surface area contributed by atoms with Crippen LogP contribution in [0.15, 0.2) is 0 Å². The topological polar surface area (TPSA) is 41.1 Å². The normalized spacial score (nSPS) is 38.9. The van der Waals surface area contributed by atoms with E-state index in [1.54, 1.807) is 0 Å². The van der Waals surface area contributed by atoms with Crippen LogP contribution in [-0.2, 0) is 4.79 Å². The molecular formula is C13H24N2O. The molecule has 4 atom stereocenters. The summed E-state index contributed by atoms with van der Waals surface area (Å²) in [6.07, 6.45) is 3.96. The van der Waals surface area contributed by atoms with Crippen molar-refractivity contribution in [1.29, 1.82) is 0 Å². The Morgan fingerprint density at radius 1 is 1.25 bits per heavy atom. The highest BCUT2D eigenvalue weighted by Crippen LogP contribution is 2.30. The Balaban J connectivity index is 1.75. The van der Waals surface area contributed by atoms with Gasteiger partial charge in [0.15, 0.2) is 0 Å².